The van der Waals surface area contributed by atoms with E-state index in [2.05, 4.69) is 29.2 Å². The summed E-state index contributed by atoms with van der Waals surface area (Å²) in [5, 5.41) is 9.68. The molecule has 3 aromatic rings. The van der Waals surface area contributed by atoms with Crippen molar-refractivity contribution in [2.45, 2.75) is 31.8 Å². The van der Waals surface area contributed by atoms with Crippen molar-refractivity contribution in [2.24, 2.45) is 0 Å². The molecule has 152 valence electrons. The maximum Gasteiger partial charge on any atom is 0.245 e. The minimum Gasteiger partial charge on any atom is -0.377 e. The number of halogens is 1. The first-order valence-corrected chi connectivity index (χ1v) is 10.0. The summed E-state index contributed by atoms with van der Waals surface area (Å²) in [6, 6.07) is 19.9. The fourth-order valence-electron chi connectivity index (χ4n) is 3.52. The van der Waals surface area contributed by atoms with Crippen LogP contribution < -0.4 is 5.48 Å². The number of hydrogen-bond donors (Lipinski definition) is 3. The summed E-state index contributed by atoms with van der Waals surface area (Å²) in [6.45, 7) is 2.37. The molecule has 5 nitrogen and oxygen atoms in total. The zero-order valence-electron chi connectivity index (χ0n) is 16.3. The first-order valence-electron chi connectivity index (χ1n) is 9.63. The Kier molecular flexibility index (Phi) is 7.47. The molecule has 3 rings (SSSR count). The van der Waals surface area contributed by atoms with Gasteiger partial charge in [-0.1, -0.05) is 48.0 Å². The number of rotatable bonds is 9. The largest absolute Gasteiger partial charge is 0.377 e. The summed E-state index contributed by atoms with van der Waals surface area (Å²) < 4.78 is 5.93. The lowest BCUT2D eigenvalue weighted by atomic mass is 9.85. The number of aromatic nitrogens is 1. The number of carbonyl (C=O) groups excluding carboxylic acids is 1. The first-order chi connectivity index (χ1) is 14.1. The van der Waals surface area contributed by atoms with E-state index in [9.17, 15) is 4.79 Å². The van der Waals surface area contributed by atoms with E-state index in [0.29, 0.717) is 18.1 Å². The normalized spacial score (nSPS) is 13.1. The van der Waals surface area contributed by atoms with Crippen LogP contribution in [0.15, 0.2) is 66.9 Å². The van der Waals surface area contributed by atoms with E-state index < -0.39 is 5.91 Å². The number of nitrogens with one attached hydrogen (secondary N) is 2. The molecule has 0 saturated heterocycles. The van der Waals surface area contributed by atoms with Gasteiger partial charge in [0.2, 0.25) is 5.91 Å². The smallest absolute Gasteiger partial charge is 0.245 e. The van der Waals surface area contributed by atoms with Gasteiger partial charge < -0.3 is 9.72 Å². The average molecular weight is 413 g/mol. The highest BCUT2D eigenvalue weighted by Gasteiger charge is 2.26. The number of ether oxygens (including phenoxy) is 1. The Labute approximate surface area is 175 Å². The standard InChI is InChI=1S/C23H25ClN2O3/c1-2-29-22(15-23(27)26-28)20(14-16-5-11-19(24)12-6-16)17-7-9-18(10-8-17)21-4-3-13-25-21/h3-13,20,22,25,28H,2,14-15H2,1H3,(H,26,27)/t20-,22-/m1/s1. The number of benzene rings is 2. The van der Waals surface area contributed by atoms with Crippen LogP contribution in [0.1, 0.15) is 30.4 Å². The van der Waals surface area contributed by atoms with Gasteiger partial charge >= 0.3 is 0 Å². The second-order valence-corrected chi connectivity index (χ2v) is 7.31. The molecule has 0 aliphatic carbocycles. The maximum atomic E-state index is 11.9. The van der Waals surface area contributed by atoms with E-state index in [0.717, 1.165) is 22.4 Å². The SMILES string of the molecule is CCO[C@H](CC(=O)NO)[C@H](Cc1ccc(Cl)cc1)c1ccc(-c2ccc[nH]2)cc1. The van der Waals surface area contributed by atoms with E-state index in [1.165, 1.54) is 0 Å². The van der Waals surface area contributed by atoms with Gasteiger partial charge in [-0.3, -0.25) is 10.0 Å². The van der Waals surface area contributed by atoms with E-state index >= 15 is 0 Å². The van der Waals surface area contributed by atoms with Crippen LogP contribution in [0.5, 0.6) is 0 Å². The molecule has 2 aromatic carbocycles. The third kappa shape index (κ3) is 5.70. The molecule has 0 spiro atoms. The van der Waals surface area contributed by atoms with Crippen LogP contribution in [0.25, 0.3) is 11.3 Å². The molecular formula is C23H25ClN2O3. The summed E-state index contributed by atoms with van der Waals surface area (Å²) in [5.41, 5.74) is 6.02. The summed E-state index contributed by atoms with van der Waals surface area (Å²) >= 11 is 6.02. The highest BCUT2D eigenvalue weighted by atomic mass is 35.5. The van der Waals surface area contributed by atoms with Crippen molar-refractivity contribution < 1.29 is 14.7 Å². The summed E-state index contributed by atoms with van der Waals surface area (Å²) in [7, 11) is 0. The zero-order valence-corrected chi connectivity index (χ0v) is 17.0. The number of H-pyrrole nitrogens is 1. The second kappa shape index (κ2) is 10.3. The molecule has 1 heterocycles. The number of carbonyl (C=O) groups is 1. The van der Waals surface area contributed by atoms with E-state index in [1.54, 1.807) is 5.48 Å². The topological polar surface area (TPSA) is 74.3 Å². The predicted molar refractivity (Wildman–Crippen MR) is 114 cm³/mol. The van der Waals surface area contributed by atoms with Gasteiger partial charge in [0, 0.05) is 29.4 Å². The second-order valence-electron chi connectivity index (χ2n) is 6.88. The van der Waals surface area contributed by atoms with Gasteiger partial charge in [0.25, 0.3) is 0 Å². The predicted octanol–water partition coefficient (Wildman–Crippen LogP) is 4.96. The van der Waals surface area contributed by atoms with Crippen LogP contribution >= 0.6 is 11.6 Å². The van der Waals surface area contributed by atoms with Crippen molar-refractivity contribution >= 4 is 17.5 Å². The van der Waals surface area contributed by atoms with Crippen LogP contribution in [0, 0.1) is 0 Å². The number of hydrogen-bond acceptors (Lipinski definition) is 3. The summed E-state index contributed by atoms with van der Waals surface area (Å²) in [5.74, 6) is -0.529. The minimum absolute atomic E-state index is 0.0638. The number of amides is 1. The van der Waals surface area contributed by atoms with Crippen LogP contribution in [0.4, 0.5) is 0 Å². The van der Waals surface area contributed by atoms with E-state index in [1.807, 2.05) is 49.5 Å². The molecule has 1 aromatic heterocycles. The highest BCUT2D eigenvalue weighted by molar-refractivity contribution is 6.30. The Morgan fingerprint density at radius 1 is 1.14 bits per heavy atom. The van der Waals surface area contributed by atoms with Gasteiger partial charge in [0.1, 0.15) is 0 Å². The average Bonchev–Trinajstić information content (AvgIpc) is 3.28. The lowest BCUT2D eigenvalue weighted by Crippen LogP contribution is -2.31. The summed E-state index contributed by atoms with van der Waals surface area (Å²) in [4.78, 5) is 15.1. The van der Waals surface area contributed by atoms with Gasteiger partial charge in [0.15, 0.2) is 0 Å². The Balaban J connectivity index is 1.91. The fourth-order valence-corrected chi connectivity index (χ4v) is 3.64. The van der Waals surface area contributed by atoms with Crippen molar-refractivity contribution in [1.29, 1.82) is 0 Å². The third-order valence-corrected chi connectivity index (χ3v) is 5.21. The molecule has 0 radical (unpaired) electrons. The van der Waals surface area contributed by atoms with E-state index in [4.69, 9.17) is 21.5 Å². The lowest BCUT2D eigenvalue weighted by Gasteiger charge is -2.27. The number of hydroxylamine groups is 1. The number of aromatic amines is 1. The minimum atomic E-state index is -0.465. The van der Waals surface area contributed by atoms with Crippen molar-refractivity contribution in [2.75, 3.05) is 6.61 Å². The van der Waals surface area contributed by atoms with E-state index in [-0.39, 0.29) is 18.4 Å². The molecular weight excluding hydrogens is 388 g/mol. The molecule has 3 N–H and O–H groups in total. The van der Waals surface area contributed by atoms with Crippen molar-refractivity contribution in [3.63, 3.8) is 0 Å². The lowest BCUT2D eigenvalue weighted by molar-refractivity contribution is -0.132. The van der Waals surface area contributed by atoms with Gasteiger partial charge in [0.05, 0.1) is 12.5 Å². The van der Waals surface area contributed by atoms with Crippen LogP contribution in [0.3, 0.4) is 0 Å². The molecule has 0 saturated carbocycles. The summed E-state index contributed by atoms with van der Waals surface area (Å²) in [6.07, 6.45) is 2.27. The van der Waals surface area contributed by atoms with Crippen molar-refractivity contribution in [1.82, 2.24) is 10.5 Å². The van der Waals surface area contributed by atoms with Crippen LogP contribution in [0.2, 0.25) is 5.02 Å². The highest BCUT2D eigenvalue weighted by Crippen LogP contribution is 2.30. The molecule has 6 heteroatoms. The van der Waals surface area contributed by atoms with Crippen LogP contribution in [-0.4, -0.2) is 28.8 Å². The Morgan fingerprint density at radius 3 is 2.45 bits per heavy atom. The van der Waals surface area contributed by atoms with Crippen LogP contribution in [-0.2, 0) is 16.0 Å². The Hall–Kier alpha value is -2.60. The Morgan fingerprint density at radius 2 is 1.86 bits per heavy atom. The molecule has 2 atom stereocenters. The first kappa shape index (κ1) is 21.1. The fraction of sp³-hybridized carbons (Fsp3) is 0.261. The molecule has 0 bridgehead atoms. The van der Waals surface area contributed by atoms with Gasteiger partial charge in [-0.15, -0.1) is 0 Å². The molecule has 0 fully saturated rings. The quantitative estimate of drug-likeness (QED) is 0.343. The molecule has 0 unspecified atom stereocenters. The van der Waals surface area contributed by atoms with Crippen molar-refractivity contribution in [3.8, 4) is 11.3 Å². The van der Waals surface area contributed by atoms with Gasteiger partial charge in [-0.25, -0.2) is 5.48 Å². The third-order valence-electron chi connectivity index (χ3n) is 4.96. The monoisotopic (exact) mass is 412 g/mol. The molecule has 1 amide bonds. The zero-order chi connectivity index (χ0) is 20.6. The Bertz CT molecular complexity index is 893. The molecule has 0 aliphatic rings. The van der Waals surface area contributed by atoms with Crippen molar-refractivity contribution in [3.05, 3.63) is 83.0 Å². The molecule has 29 heavy (non-hydrogen) atoms. The molecule has 0 aliphatic heterocycles. The maximum absolute atomic E-state index is 11.9. The van der Waals surface area contributed by atoms with Gasteiger partial charge in [-0.05, 0) is 54.3 Å². The van der Waals surface area contributed by atoms with Gasteiger partial charge in [-0.2, -0.15) is 0 Å².